The highest BCUT2D eigenvalue weighted by atomic mass is 19.1. The molecule has 0 unspecified atom stereocenters. The van der Waals surface area contributed by atoms with Crippen LogP contribution in [0.5, 0.6) is 0 Å². The van der Waals surface area contributed by atoms with Gasteiger partial charge in [0.2, 0.25) is 5.78 Å². The Morgan fingerprint density at radius 2 is 2.19 bits per heavy atom. The number of alkyl halides is 1. The van der Waals surface area contributed by atoms with Gasteiger partial charge in [0, 0.05) is 12.0 Å². The number of aryl methyl sites for hydroxylation is 1. The maximum atomic E-state index is 14.5. The van der Waals surface area contributed by atoms with E-state index < -0.39 is 5.67 Å². The first-order valence-corrected chi connectivity index (χ1v) is 5.60. The highest BCUT2D eigenvalue weighted by Gasteiger charge is 2.39. The second kappa shape index (κ2) is 4.20. The minimum atomic E-state index is -1.74. The number of hydrogen-bond acceptors (Lipinski definition) is 1. The SMILES string of the molecule is C=CC[C@]1(F)CCCc2ccccc2C1=O. The maximum absolute atomic E-state index is 14.5. The Morgan fingerprint density at radius 1 is 1.44 bits per heavy atom. The van der Waals surface area contributed by atoms with Gasteiger partial charge in [0.05, 0.1) is 0 Å². The number of carbonyl (C=O) groups excluding carboxylic acids is 1. The van der Waals surface area contributed by atoms with E-state index in [0.717, 1.165) is 12.0 Å². The summed E-state index contributed by atoms with van der Waals surface area (Å²) in [5, 5.41) is 0. The number of benzene rings is 1. The Morgan fingerprint density at radius 3 is 2.94 bits per heavy atom. The van der Waals surface area contributed by atoms with Crippen LogP contribution in [0.3, 0.4) is 0 Å². The molecule has 1 aliphatic rings. The minimum absolute atomic E-state index is 0.111. The molecule has 1 nitrogen and oxygen atoms in total. The molecule has 0 spiro atoms. The van der Waals surface area contributed by atoms with E-state index in [2.05, 4.69) is 6.58 Å². The van der Waals surface area contributed by atoms with Crippen molar-refractivity contribution in [3.63, 3.8) is 0 Å². The van der Waals surface area contributed by atoms with E-state index in [1.807, 2.05) is 12.1 Å². The first kappa shape index (κ1) is 11.1. The van der Waals surface area contributed by atoms with E-state index in [9.17, 15) is 9.18 Å². The lowest BCUT2D eigenvalue weighted by Crippen LogP contribution is -2.32. The molecule has 0 bridgehead atoms. The van der Waals surface area contributed by atoms with Crippen LogP contribution < -0.4 is 0 Å². The lowest BCUT2D eigenvalue weighted by Gasteiger charge is -2.20. The van der Waals surface area contributed by atoms with Crippen LogP contribution in [0.25, 0.3) is 0 Å². The second-order valence-corrected chi connectivity index (χ2v) is 4.30. The van der Waals surface area contributed by atoms with E-state index in [-0.39, 0.29) is 12.2 Å². The summed E-state index contributed by atoms with van der Waals surface area (Å²) >= 11 is 0. The molecular weight excluding hydrogens is 203 g/mol. The van der Waals surface area contributed by atoms with E-state index >= 15 is 0 Å². The van der Waals surface area contributed by atoms with Crippen molar-refractivity contribution < 1.29 is 9.18 Å². The lowest BCUT2D eigenvalue weighted by atomic mass is 9.89. The normalized spacial score (nSPS) is 24.7. The van der Waals surface area contributed by atoms with Crippen molar-refractivity contribution in [3.05, 3.63) is 48.0 Å². The van der Waals surface area contributed by atoms with Crippen molar-refractivity contribution in [2.24, 2.45) is 0 Å². The van der Waals surface area contributed by atoms with Crippen molar-refractivity contribution >= 4 is 5.78 Å². The number of rotatable bonds is 2. The number of hydrogen-bond donors (Lipinski definition) is 0. The van der Waals surface area contributed by atoms with Crippen LogP contribution in [0, 0.1) is 0 Å². The molecular formula is C14H15FO. The number of Topliss-reactive ketones (excluding diaryl/α,β-unsaturated/α-hetero) is 1. The van der Waals surface area contributed by atoms with Gasteiger partial charge < -0.3 is 0 Å². The van der Waals surface area contributed by atoms with Crippen LogP contribution in [-0.2, 0) is 6.42 Å². The first-order chi connectivity index (χ1) is 7.67. The summed E-state index contributed by atoms with van der Waals surface area (Å²) in [6.07, 6.45) is 3.40. The molecule has 0 radical (unpaired) electrons. The van der Waals surface area contributed by atoms with Gasteiger partial charge in [-0.1, -0.05) is 30.3 Å². The zero-order valence-corrected chi connectivity index (χ0v) is 9.21. The zero-order valence-electron chi connectivity index (χ0n) is 9.21. The molecule has 84 valence electrons. The van der Waals surface area contributed by atoms with Gasteiger partial charge in [-0.2, -0.15) is 0 Å². The number of ketones is 1. The zero-order chi connectivity index (χ0) is 11.6. The van der Waals surface area contributed by atoms with Gasteiger partial charge in [0.15, 0.2) is 5.67 Å². The fourth-order valence-corrected chi connectivity index (χ4v) is 2.30. The standard InChI is InChI=1S/C14H15FO/c1-2-9-14(15)10-5-7-11-6-3-4-8-12(11)13(14)16/h2-4,6,8H,1,5,7,9-10H2/t14-/m0/s1. The molecule has 0 saturated carbocycles. The molecule has 1 aromatic rings. The summed E-state index contributed by atoms with van der Waals surface area (Å²) in [6, 6.07) is 7.31. The maximum Gasteiger partial charge on any atom is 0.200 e. The van der Waals surface area contributed by atoms with E-state index in [4.69, 9.17) is 0 Å². The molecule has 16 heavy (non-hydrogen) atoms. The van der Waals surface area contributed by atoms with Crippen LogP contribution >= 0.6 is 0 Å². The van der Waals surface area contributed by atoms with Crippen molar-refractivity contribution in [2.45, 2.75) is 31.4 Å². The fraction of sp³-hybridized carbons (Fsp3) is 0.357. The lowest BCUT2D eigenvalue weighted by molar-refractivity contribution is 0.0671. The smallest absolute Gasteiger partial charge is 0.200 e. The molecule has 0 fully saturated rings. The fourth-order valence-electron chi connectivity index (χ4n) is 2.30. The molecule has 0 amide bonds. The van der Waals surface area contributed by atoms with Gasteiger partial charge in [-0.3, -0.25) is 4.79 Å². The number of fused-ring (bicyclic) bond motifs is 1. The molecule has 0 N–H and O–H groups in total. The average Bonchev–Trinajstić information content (AvgIpc) is 2.40. The van der Waals surface area contributed by atoms with E-state index in [0.29, 0.717) is 18.4 Å². The molecule has 0 heterocycles. The average molecular weight is 218 g/mol. The topological polar surface area (TPSA) is 17.1 Å². The van der Waals surface area contributed by atoms with Crippen molar-refractivity contribution in [2.75, 3.05) is 0 Å². The van der Waals surface area contributed by atoms with E-state index in [1.165, 1.54) is 6.08 Å². The van der Waals surface area contributed by atoms with Gasteiger partial charge in [-0.25, -0.2) is 4.39 Å². The van der Waals surface area contributed by atoms with E-state index in [1.54, 1.807) is 12.1 Å². The second-order valence-electron chi connectivity index (χ2n) is 4.30. The van der Waals surface area contributed by atoms with Crippen LogP contribution in [-0.4, -0.2) is 11.5 Å². The quantitative estimate of drug-likeness (QED) is 0.548. The molecule has 0 aliphatic heterocycles. The third-order valence-corrected chi connectivity index (χ3v) is 3.16. The van der Waals surface area contributed by atoms with Crippen LogP contribution in [0.2, 0.25) is 0 Å². The van der Waals surface area contributed by atoms with Gasteiger partial charge in [0.25, 0.3) is 0 Å². The van der Waals surface area contributed by atoms with Gasteiger partial charge in [-0.05, 0) is 24.8 Å². The largest absolute Gasteiger partial charge is 0.291 e. The monoisotopic (exact) mass is 218 g/mol. The number of carbonyl (C=O) groups is 1. The number of allylic oxidation sites excluding steroid dienone is 1. The van der Waals surface area contributed by atoms with Crippen LogP contribution in [0.15, 0.2) is 36.9 Å². The third kappa shape index (κ3) is 1.80. The summed E-state index contributed by atoms with van der Waals surface area (Å²) in [6.45, 7) is 3.53. The number of halogens is 1. The van der Waals surface area contributed by atoms with Gasteiger partial charge in [0.1, 0.15) is 0 Å². The molecule has 2 rings (SSSR count). The van der Waals surface area contributed by atoms with Gasteiger partial charge >= 0.3 is 0 Å². The molecule has 0 aromatic heterocycles. The Hall–Kier alpha value is -1.44. The minimum Gasteiger partial charge on any atom is -0.291 e. The van der Waals surface area contributed by atoms with Crippen LogP contribution in [0.4, 0.5) is 4.39 Å². The summed E-state index contributed by atoms with van der Waals surface area (Å²) in [4.78, 5) is 12.1. The first-order valence-electron chi connectivity index (χ1n) is 5.60. The molecule has 2 heteroatoms. The Balaban J connectivity index is 2.44. The Bertz CT molecular complexity index is 424. The predicted octanol–water partition coefficient (Wildman–Crippen LogP) is 3.49. The highest BCUT2D eigenvalue weighted by Crippen LogP contribution is 2.33. The van der Waals surface area contributed by atoms with Crippen molar-refractivity contribution in [3.8, 4) is 0 Å². The predicted molar refractivity (Wildman–Crippen MR) is 62.4 cm³/mol. The Kier molecular flexibility index (Phi) is 2.90. The van der Waals surface area contributed by atoms with Crippen molar-refractivity contribution in [1.29, 1.82) is 0 Å². The molecule has 1 aliphatic carbocycles. The summed E-state index contributed by atoms with van der Waals surface area (Å²) in [7, 11) is 0. The van der Waals surface area contributed by atoms with Crippen LogP contribution in [0.1, 0.15) is 35.2 Å². The highest BCUT2D eigenvalue weighted by molar-refractivity contribution is 6.04. The van der Waals surface area contributed by atoms with Crippen molar-refractivity contribution in [1.82, 2.24) is 0 Å². The third-order valence-electron chi connectivity index (χ3n) is 3.16. The molecule has 1 aromatic carbocycles. The summed E-state index contributed by atoms with van der Waals surface area (Å²) in [5.74, 6) is -0.375. The Labute approximate surface area is 95.0 Å². The van der Waals surface area contributed by atoms with Gasteiger partial charge in [-0.15, -0.1) is 6.58 Å². The molecule has 1 atom stereocenters. The summed E-state index contributed by atoms with van der Waals surface area (Å²) in [5.41, 5.74) is -0.227. The molecule has 0 saturated heterocycles. The summed E-state index contributed by atoms with van der Waals surface area (Å²) < 4.78 is 14.5.